The van der Waals surface area contributed by atoms with Gasteiger partial charge in [-0.15, -0.1) is 105 Å². The van der Waals surface area contributed by atoms with E-state index in [0.717, 1.165) is 25.1 Å². The van der Waals surface area contributed by atoms with Crippen LogP contribution in [0.1, 0.15) is 83.0 Å². The van der Waals surface area contributed by atoms with Crippen LogP contribution >= 0.6 is 0 Å². The zero-order valence-corrected chi connectivity index (χ0v) is 88.0. The number of carbonyl (C=O) groups is 4. The van der Waals surface area contributed by atoms with Gasteiger partial charge in [0, 0.05) is 22.3 Å². The summed E-state index contributed by atoms with van der Waals surface area (Å²) < 4.78 is 129. The summed E-state index contributed by atoms with van der Waals surface area (Å²) in [5, 5.41) is 21.4. The van der Waals surface area contributed by atoms with Gasteiger partial charge in [-0.05, 0) is 256 Å². The summed E-state index contributed by atoms with van der Waals surface area (Å²) in [7, 11) is 6.12. The average molecular weight is 2090 g/mol. The van der Waals surface area contributed by atoms with Crippen molar-refractivity contribution in [2.75, 3.05) is 213 Å². The highest BCUT2D eigenvalue weighted by molar-refractivity contribution is 5.76. The van der Waals surface area contributed by atoms with E-state index >= 15 is 0 Å². The standard InChI is InChI=1S/C96H122O37.8C2H4/c1-91(119-57-51-107-49-55-117-85-23-15-77(61-99)16-24-85,63-109-45-43-105-47-53-115-83-19-11-75(59-97)12-20-83)65-111-67-93(3,68-112-66-92(2,120-58-52-108-50-56-118-86-25-17-78(62-100)18-26-86)64-110-46-44-106-48-54-116-84-21-13-76(60-98)14-22-84)127-94(4,69-113-71-95(5,128-132-125-89-39-31-81(103-9)32-40-89)73-121-130-123-87-35-27-79(101-7)28-36-87)70-114-72-96(6,129-133-126-90-41-33-82(104-10)34-42-90)74-122-131-124-88-37-29-80(102-8)30-38-88;8*1-2/h11-42,59-62H,43-58,63-74H2,1-10H3;8*1-2H2. The predicted octanol–water partition coefficient (Wildman–Crippen LogP) is 19.5. The fourth-order valence-electron chi connectivity index (χ4n) is 11.7. The van der Waals surface area contributed by atoms with Crippen molar-refractivity contribution in [2.45, 2.75) is 75.1 Å². The molecule has 0 aromatic heterocycles. The Balaban J connectivity index is 0.0000130. The van der Waals surface area contributed by atoms with Gasteiger partial charge in [-0.25, -0.2) is 0 Å². The van der Waals surface area contributed by atoms with Crippen LogP contribution in [-0.4, -0.2) is 272 Å². The van der Waals surface area contributed by atoms with Gasteiger partial charge < -0.3 is 119 Å². The lowest BCUT2D eigenvalue weighted by Crippen LogP contribution is -2.54. The van der Waals surface area contributed by atoms with Gasteiger partial charge in [0.25, 0.3) is 0 Å². The van der Waals surface area contributed by atoms with Gasteiger partial charge in [0.1, 0.15) is 133 Å². The second-order valence-corrected chi connectivity index (χ2v) is 31.2. The molecular weight excluding hydrogens is 1940 g/mol. The maximum atomic E-state index is 11.3. The molecule has 37 nitrogen and oxygen atoms in total. The summed E-state index contributed by atoms with van der Waals surface area (Å²) >= 11 is 0. The molecule has 0 saturated carbocycles. The molecule has 0 amide bonds. The van der Waals surface area contributed by atoms with Crippen molar-refractivity contribution in [3.63, 3.8) is 0 Å². The van der Waals surface area contributed by atoms with E-state index in [1.54, 1.807) is 222 Å². The van der Waals surface area contributed by atoms with Crippen molar-refractivity contribution in [1.29, 1.82) is 0 Å². The molecule has 0 spiro atoms. The van der Waals surface area contributed by atoms with Gasteiger partial charge in [-0.3, -0.25) is 19.2 Å². The quantitative estimate of drug-likeness (QED) is 0.0112. The highest BCUT2D eigenvalue weighted by atomic mass is 17.5. The number of hydrogen-bond donors (Lipinski definition) is 0. The van der Waals surface area contributed by atoms with Crippen molar-refractivity contribution in [3.8, 4) is 69.0 Å². The van der Waals surface area contributed by atoms with Crippen LogP contribution in [0.15, 0.2) is 299 Å². The van der Waals surface area contributed by atoms with Crippen molar-refractivity contribution in [3.05, 3.63) is 322 Å². The SMILES string of the molecule is C=C.C=C.C=C.C=C.C=C.C=C.C=C.C=C.COc1ccc(OOOCC(C)(COCC(C)(COCC(C)(COOOc2ccc(OC)cc2)OOOc2ccc(OC)cc2)OC(C)(COCC(C)(COCCOCCOc2ccc(C=O)cc2)OCCOCCOc2ccc(C=O)cc2)COCC(C)(COCCOCCOc2ccc(C=O)cc2)OCCOCCOc2ccc(C=O)cc2)OOOc2ccc(OC)cc2)cc1. The Hall–Kier alpha value is -12.9. The molecule has 824 valence electrons. The molecule has 4 unspecified atom stereocenters. The molecule has 0 N–H and O–H groups in total. The van der Waals surface area contributed by atoms with Gasteiger partial charge in [-0.2, -0.15) is 19.6 Å². The summed E-state index contributed by atoms with van der Waals surface area (Å²) in [4.78, 5) is 90.4. The van der Waals surface area contributed by atoms with Crippen LogP contribution in [0.4, 0.5) is 0 Å². The Kier molecular flexibility index (Phi) is 78.6. The van der Waals surface area contributed by atoms with Gasteiger partial charge in [0.15, 0.2) is 34.2 Å². The number of hydrogen-bond acceptors (Lipinski definition) is 37. The van der Waals surface area contributed by atoms with Crippen LogP contribution in [0.5, 0.6) is 69.0 Å². The first-order valence-electron chi connectivity index (χ1n) is 46.6. The number of benzene rings is 8. The lowest BCUT2D eigenvalue weighted by atomic mass is 10.0. The summed E-state index contributed by atoms with van der Waals surface area (Å²) in [6.07, 6.45) is 3.01. The fourth-order valence-corrected chi connectivity index (χ4v) is 11.7. The second kappa shape index (κ2) is 86.0. The predicted molar refractivity (Wildman–Crippen MR) is 564 cm³/mol. The van der Waals surface area contributed by atoms with Crippen LogP contribution in [0.3, 0.4) is 0 Å². The Morgan fingerprint density at radius 2 is 0.376 bits per heavy atom. The largest absolute Gasteiger partial charge is 0.497 e. The molecule has 8 aromatic rings. The molecule has 4 atom stereocenters. The molecule has 0 aliphatic rings. The minimum absolute atomic E-state index is 0.0152. The Bertz CT molecular complexity index is 4310. The topological polar surface area (TPSA) is 373 Å². The van der Waals surface area contributed by atoms with E-state index in [0.29, 0.717) is 68.2 Å². The highest BCUT2D eigenvalue weighted by Gasteiger charge is 2.42. The van der Waals surface area contributed by atoms with Crippen LogP contribution < -0.4 is 57.4 Å². The van der Waals surface area contributed by atoms with E-state index in [2.05, 4.69) is 105 Å². The van der Waals surface area contributed by atoms with Crippen LogP contribution in [0.25, 0.3) is 0 Å². The third-order valence-corrected chi connectivity index (χ3v) is 18.8. The van der Waals surface area contributed by atoms with Crippen molar-refractivity contribution in [2.24, 2.45) is 0 Å². The molecule has 149 heavy (non-hydrogen) atoms. The maximum Gasteiger partial charge on any atom is 0.168 e. The summed E-state index contributed by atoms with van der Waals surface area (Å²) in [5.41, 5.74) is -6.68. The zero-order valence-electron chi connectivity index (χ0n) is 88.0. The number of rotatable bonds is 78. The van der Waals surface area contributed by atoms with E-state index in [9.17, 15) is 19.2 Å². The monoisotopic (exact) mass is 2090 g/mol. The fraction of sp³-hybridized carbons (Fsp3) is 0.393. The molecule has 0 bridgehead atoms. The number of ether oxygens (including phenoxy) is 21. The molecule has 8 aromatic carbocycles. The van der Waals surface area contributed by atoms with Crippen LogP contribution in [0, 0.1) is 0 Å². The minimum Gasteiger partial charge on any atom is -0.497 e. The molecule has 0 heterocycles. The van der Waals surface area contributed by atoms with E-state index in [4.69, 9.17) is 159 Å². The Morgan fingerprint density at radius 1 is 0.195 bits per heavy atom. The molecular formula is C112H154O37. The van der Waals surface area contributed by atoms with E-state index in [1.807, 2.05) is 13.8 Å². The third-order valence-electron chi connectivity index (χ3n) is 18.8. The summed E-state index contributed by atoms with van der Waals surface area (Å²) in [6.45, 7) is 58.1. The first-order valence-corrected chi connectivity index (χ1v) is 46.6. The Morgan fingerprint density at radius 3 is 0.604 bits per heavy atom. The molecule has 0 fully saturated rings. The third kappa shape index (κ3) is 61.6. The van der Waals surface area contributed by atoms with Gasteiger partial charge in [0.05, 0.1) is 174 Å². The van der Waals surface area contributed by atoms with Crippen molar-refractivity contribution in [1.82, 2.24) is 0 Å². The Labute approximate surface area is 878 Å². The first kappa shape index (κ1) is 136. The van der Waals surface area contributed by atoms with Crippen molar-refractivity contribution < 1.29 is 178 Å². The van der Waals surface area contributed by atoms with E-state index in [1.165, 1.54) is 28.4 Å². The normalized spacial score (nSPS) is 12.8. The highest BCUT2D eigenvalue weighted by Crippen LogP contribution is 2.31. The van der Waals surface area contributed by atoms with Gasteiger partial charge in [-0.1, -0.05) is 0 Å². The summed E-state index contributed by atoms with van der Waals surface area (Å²) in [5.74, 6) is 5.57. The molecule has 37 heteroatoms. The maximum absolute atomic E-state index is 11.3. The average Bonchev–Trinajstić information content (AvgIpc) is 0.818. The van der Waals surface area contributed by atoms with Gasteiger partial charge in [0.2, 0.25) is 0 Å². The number of methoxy groups -OCH3 is 4. The first-order chi connectivity index (χ1) is 72.6. The zero-order chi connectivity index (χ0) is 111. The smallest absolute Gasteiger partial charge is 0.168 e. The van der Waals surface area contributed by atoms with Crippen LogP contribution in [-0.2, 0) is 101 Å². The number of carbonyl (C=O) groups excluding carboxylic acids is 4. The van der Waals surface area contributed by atoms with Crippen LogP contribution in [0.2, 0.25) is 0 Å². The van der Waals surface area contributed by atoms with Crippen molar-refractivity contribution >= 4 is 25.1 Å². The lowest BCUT2D eigenvalue weighted by molar-refractivity contribution is -0.530. The molecule has 0 aliphatic heterocycles. The minimum atomic E-state index is -1.61. The lowest BCUT2D eigenvalue weighted by Gasteiger charge is -2.41. The molecule has 8 rings (SSSR count). The van der Waals surface area contributed by atoms with E-state index in [-0.39, 0.29) is 195 Å². The van der Waals surface area contributed by atoms with E-state index < -0.39 is 46.8 Å². The second-order valence-electron chi connectivity index (χ2n) is 31.2. The number of aldehydes is 4. The molecule has 0 aliphatic carbocycles. The molecule has 0 radical (unpaired) electrons. The van der Waals surface area contributed by atoms with Gasteiger partial charge >= 0.3 is 0 Å². The summed E-state index contributed by atoms with van der Waals surface area (Å²) in [6, 6.07) is 53.0. The molecule has 0 saturated heterocycles.